The van der Waals surface area contributed by atoms with Gasteiger partial charge in [-0.2, -0.15) is 0 Å². The van der Waals surface area contributed by atoms with Crippen LogP contribution >= 0.6 is 39.1 Å². The molecular weight excluding hydrogens is 368 g/mol. The van der Waals surface area contributed by atoms with Crippen LogP contribution in [0.2, 0.25) is 10.0 Å². The Labute approximate surface area is 134 Å². The summed E-state index contributed by atoms with van der Waals surface area (Å²) in [5.74, 6) is 0.137. The lowest BCUT2D eigenvalue weighted by molar-refractivity contribution is 0.302. The summed E-state index contributed by atoms with van der Waals surface area (Å²) in [4.78, 5) is 0. The minimum Gasteiger partial charge on any atom is -0.487 e. The van der Waals surface area contributed by atoms with Crippen molar-refractivity contribution in [3.05, 3.63) is 61.8 Å². The lowest BCUT2D eigenvalue weighted by atomic mass is 10.2. The third-order valence-electron chi connectivity index (χ3n) is 2.61. The van der Waals surface area contributed by atoms with Gasteiger partial charge in [0.25, 0.3) is 0 Å². The van der Waals surface area contributed by atoms with Crippen molar-refractivity contribution in [1.82, 2.24) is 0 Å². The van der Waals surface area contributed by atoms with Crippen molar-refractivity contribution < 1.29 is 9.13 Å². The van der Waals surface area contributed by atoms with Crippen LogP contribution in [0.5, 0.6) is 5.75 Å². The molecule has 0 saturated heterocycles. The Balaban J connectivity index is 2.22. The Morgan fingerprint density at radius 2 is 1.90 bits per heavy atom. The average Bonchev–Trinajstić information content (AvgIpc) is 2.35. The summed E-state index contributed by atoms with van der Waals surface area (Å²) < 4.78 is 19.6. The number of hydrogen-bond donors (Lipinski definition) is 1. The van der Waals surface area contributed by atoms with E-state index >= 15 is 0 Å². The monoisotopic (exact) mass is 377 g/mol. The minimum absolute atomic E-state index is 0.185. The summed E-state index contributed by atoms with van der Waals surface area (Å²) in [5.41, 5.74) is 7.03. The van der Waals surface area contributed by atoms with E-state index in [1.165, 1.54) is 12.1 Å². The van der Waals surface area contributed by atoms with Crippen LogP contribution < -0.4 is 10.5 Å². The van der Waals surface area contributed by atoms with Crippen molar-refractivity contribution >= 4 is 39.1 Å². The van der Waals surface area contributed by atoms with Crippen LogP contribution in [0.4, 0.5) is 4.39 Å². The van der Waals surface area contributed by atoms with Gasteiger partial charge in [0.2, 0.25) is 0 Å². The molecule has 2 rings (SSSR count). The van der Waals surface area contributed by atoms with Gasteiger partial charge in [0.1, 0.15) is 18.2 Å². The van der Waals surface area contributed by atoms with E-state index in [4.69, 9.17) is 33.7 Å². The average molecular weight is 379 g/mol. The molecular formula is C14H11BrCl2FNO. The molecule has 0 amide bonds. The Hall–Kier alpha value is -0.810. The first-order valence-electron chi connectivity index (χ1n) is 5.75. The zero-order chi connectivity index (χ0) is 14.7. The first-order chi connectivity index (χ1) is 9.49. The van der Waals surface area contributed by atoms with Gasteiger partial charge in [-0.1, -0.05) is 39.1 Å². The summed E-state index contributed by atoms with van der Waals surface area (Å²) in [6, 6.07) is 7.83. The molecule has 0 bridgehead atoms. The van der Waals surface area contributed by atoms with Crippen LogP contribution in [0.25, 0.3) is 0 Å². The minimum atomic E-state index is -0.334. The van der Waals surface area contributed by atoms with Crippen LogP contribution in [0.1, 0.15) is 11.1 Å². The lowest BCUT2D eigenvalue weighted by Crippen LogP contribution is -2.04. The van der Waals surface area contributed by atoms with Gasteiger partial charge in [-0.25, -0.2) is 4.39 Å². The lowest BCUT2D eigenvalue weighted by Gasteiger charge is -2.13. The standard InChI is InChI=1S/C14H11BrCl2FNO/c15-10-1-8(2-12(18)4-10)7-20-14-9(6-19)3-11(16)5-13(14)17/h1-5H,6-7,19H2. The zero-order valence-corrected chi connectivity index (χ0v) is 13.4. The maximum Gasteiger partial charge on any atom is 0.142 e. The maximum absolute atomic E-state index is 13.3. The van der Waals surface area contributed by atoms with Crippen LogP contribution in [-0.2, 0) is 13.2 Å². The van der Waals surface area contributed by atoms with E-state index in [-0.39, 0.29) is 19.0 Å². The molecule has 0 fully saturated rings. The van der Waals surface area contributed by atoms with Crippen molar-refractivity contribution in [3.8, 4) is 5.75 Å². The van der Waals surface area contributed by atoms with E-state index in [1.54, 1.807) is 18.2 Å². The van der Waals surface area contributed by atoms with Gasteiger partial charge in [-0.3, -0.25) is 0 Å². The predicted molar refractivity (Wildman–Crippen MR) is 82.8 cm³/mol. The van der Waals surface area contributed by atoms with Gasteiger partial charge in [0.15, 0.2) is 0 Å². The van der Waals surface area contributed by atoms with E-state index in [0.29, 0.717) is 31.4 Å². The molecule has 0 unspecified atom stereocenters. The van der Waals surface area contributed by atoms with E-state index < -0.39 is 0 Å². The van der Waals surface area contributed by atoms with Gasteiger partial charge >= 0.3 is 0 Å². The Bertz CT molecular complexity index is 617. The molecule has 0 radical (unpaired) electrons. The smallest absolute Gasteiger partial charge is 0.142 e. The summed E-state index contributed by atoms with van der Waals surface area (Å²) in [6.45, 7) is 0.438. The number of benzene rings is 2. The summed E-state index contributed by atoms with van der Waals surface area (Å²) >= 11 is 15.2. The molecule has 0 heterocycles. The second-order valence-electron chi connectivity index (χ2n) is 4.15. The van der Waals surface area contributed by atoms with Gasteiger partial charge in [0.05, 0.1) is 5.02 Å². The summed E-state index contributed by atoms with van der Waals surface area (Å²) in [6.07, 6.45) is 0. The van der Waals surface area contributed by atoms with E-state index in [1.807, 2.05) is 0 Å². The van der Waals surface area contributed by atoms with E-state index in [0.717, 1.165) is 0 Å². The fraction of sp³-hybridized carbons (Fsp3) is 0.143. The van der Waals surface area contributed by atoms with Crippen LogP contribution in [0.3, 0.4) is 0 Å². The Morgan fingerprint density at radius 1 is 1.15 bits per heavy atom. The zero-order valence-electron chi connectivity index (χ0n) is 10.3. The second kappa shape index (κ2) is 6.76. The third-order valence-corrected chi connectivity index (χ3v) is 3.57. The first-order valence-corrected chi connectivity index (χ1v) is 7.30. The molecule has 106 valence electrons. The number of rotatable bonds is 4. The highest BCUT2D eigenvalue weighted by Crippen LogP contribution is 2.33. The fourth-order valence-electron chi connectivity index (χ4n) is 1.78. The molecule has 0 aliphatic carbocycles. The third kappa shape index (κ3) is 3.85. The molecule has 2 nitrogen and oxygen atoms in total. The molecule has 0 spiro atoms. The van der Waals surface area contributed by atoms with Crippen LogP contribution in [0.15, 0.2) is 34.8 Å². The summed E-state index contributed by atoms with van der Waals surface area (Å²) in [5, 5.41) is 0.879. The van der Waals surface area contributed by atoms with Crippen molar-refractivity contribution in [2.45, 2.75) is 13.2 Å². The molecule has 0 aliphatic rings. The van der Waals surface area contributed by atoms with Crippen molar-refractivity contribution in [2.24, 2.45) is 5.73 Å². The molecule has 0 saturated carbocycles. The highest BCUT2D eigenvalue weighted by molar-refractivity contribution is 9.10. The molecule has 2 N–H and O–H groups in total. The summed E-state index contributed by atoms with van der Waals surface area (Å²) in [7, 11) is 0. The van der Waals surface area contributed by atoms with Gasteiger partial charge in [-0.15, -0.1) is 0 Å². The Morgan fingerprint density at radius 3 is 2.55 bits per heavy atom. The van der Waals surface area contributed by atoms with Crippen LogP contribution in [0, 0.1) is 5.82 Å². The van der Waals surface area contributed by atoms with Crippen molar-refractivity contribution in [3.63, 3.8) is 0 Å². The largest absolute Gasteiger partial charge is 0.487 e. The van der Waals surface area contributed by atoms with Crippen molar-refractivity contribution in [1.29, 1.82) is 0 Å². The molecule has 20 heavy (non-hydrogen) atoms. The van der Waals surface area contributed by atoms with Crippen LogP contribution in [-0.4, -0.2) is 0 Å². The number of nitrogens with two attached hydrogens (primary N) is 1. The first kappa shape index (κ1) is 15.6. The van der Waals surface area contributed by atoms with Gasteiger partial charge < -0.3 is 10.5 Å². The number of hydrogen-bond acceptors (Lipinski definition) is 2. The number of halogens is 4. The van der Waals surface area contributed by atoms with E-state index in [9.17, 15) is 4.39 Å². The topological polar surface area (TPSA) is 35.2 Å². The van der Waals surface area contributed by atoms with Gasteiger partial charge in [0, 0.05) is 21.6 Å². The van der Waals surface area contributed by atoms with Crippen molar-refractivity contribution in [2.75, 3.05) is 0 Å². The molecule has 6 heteroatoms. The Kier molecular flexibility index (Phi) is 5.27. The quantitative estimate of drug-likeness (QED) is 0.818. The highest BCUT2D eigenvalue weighted by Gasteiger charge is 2.10. The molecule has 0 atom stereocenters. The van der Waals surface area contributed by atoms with E-state index in [2.05, 4.69) is 15.9 Å². The SMILES string of the molecule is NCc1cc(Cl)cc(Cl)c1OCc1cc(F)cc(Br)c1. The second-order valence-corrected chi connectivity index (χ2v) is 5.91. The highest BCUT2D eigenvalue weighted by atomic mass is 79.9. The molecule has 0 aromatic heterocycles. The molecule has 2 aromatic carbocycles. The number of ether oxygens (including phenoxy) is 1. The predicted octanol–water partition coefficient (Wildman–Crippen LogP) is 4.93. The normalized spacial score (nSPS) is 10.7. The molecule has 2 aromatic rings. The fourth-order valence-corrected chi connectivity index (χ4v) is 2.88. The molecule has 0 aliphatic heterocycles. The maximum atomic E-state index is 13.3. The van der Waals surface area contributed by atoms with Gasteiger partial charge in [-0.05, 0) is 35.9 Å².